The van der Waals surface area contributed by atoms with E-state index in [0.29, 0.717) is 0 Å². The number of nitrogens with zero attached hydrogens (tertiary/aromatic N) is 1. The van der Waals surface area contributed by atoms with E-state index in [2.05, 4.69) is 58.9 Å². The fourth-order valence-electron chi connectivity index (χ4n) is 3.76. The first-order chi connectivity index (χ1) is 14.3. The molecule has 158 valence electrons. The normalized spacial score (nSPS) is 11.5. The molecule has 0 spiro atoms. The molecule has 4 heteroatoms. The van der Waals surface area contributed by atoms with Crippen molar-refractivity contribution in [1.82, 2.24) is 4.98 Å². The average Bonchev–Trinajstić information content (AvgIpc) is 2.72. The highest BCUT2D eigenvalue weighted by atomic mass is 32.2. The van der Waals surface area contributed by atoms with Crippen molar-refractivity contribution >= 4 is 11.8 Å². The second kappa shape index (κ2) is 9.67. The van der Waals surface area contributed by atoms with E-state index >= 15 is 0 Å². The molecule has 0 bridgehead atoms. The van der Waals surface area contributed by atoms with Crippen molar-refractivity contribution in [3.05, 3.63) is 76.6 Å². The monoisotopic (exact) mass is 421 g/mol. The third-order valence-electron chi connectivity index (χ3n) is 5.29. The van der Waals surface area contributed by atoms with Crippen LogP contribution in [0.2, 0.25) is 0 Å². The predicted octanol–water partition coefficient (Wildman–Crippen LogP) is 6.79. The number of aromatic nitrogens is 1. The van der Waals surface area contributed by atoms with Gasteiger partial charge in [0.25, 0.3) is 0 Å². The molecule has 0 atom stereocenters. The van der Waals surface area contributed by atoms with Gasteiger partial charge in [-0.3, -0.25) is 4.98 Å². The molecule has 0 aliphatic heterocycles. The summed E-state index contributed by atoms with van der Waals surface area (Å²) in [5, 5.41) is 21.0. The quantitative estimate of drug-likeness (QED) is 0.412. The summed E-state index contributed by atoms with van der Waals surface area (Å²) in [5.74, 6) is 1.35. The molecule has 1 aromatic heterocycles. The Bertz CT molecular complexity index is 1010. The lowest BCUT2D eigenvalue weighted by Crippen LogP contribution is -2.12. The summed E-state index contributed by atoms with van der Waals surface area (Å²) in [4.78, 5) is 6.22. The summed E-state index contributed by atoms with van der Waals surface area (Å²) >= 11 is 1.76. The Morgan fingerprint density at radius 3 is 2.03 bits per heavy atom. The van der Waals surface area contributed by atoms with E-state index in [4.69, 9.17) is 4.98 Å². The summed E-state index contributed by atoms with van der Waals surface area (Å²) in [6.45, 7) is 10.5. The zero-order chi connectivity index (χ0) is 21.8. The molecule has 0 saturated heterocycles. The van der Waals surface area contributed by atoms with Crippen LogP contribution in [-0.2, 0) is 12.4 Å². The molecule has 0 radical (unpaired) electrons. The first kappa shape index (κ1) is 22.4. The lowest BCUT2D eigenvalue weighted by Gasteiger charge is -2.24. The number of aliphatic hydroxyl groups excluding tert-OH is 1. The molecular weight excluding hydrogens is 390 g/mol. The molecule has 3 nitrogen and oxygen atoms in total. The van der Waals surface area contributed by atoms with Gasteiger partial charge in [-0.2, -0.15) is 0 Å². The van der Waals surface area contributed by atoms with E-state index in [9.17, 15) is 10.2 Å². The highest BCUT2D eigenvalue weighted by Crippen LogP contribution is 2.42. The maximum absolute atomic E-state index is 10.7. The van der Waals surface area contributed by atoms with Crippen LogP contribution >= 0.6 is 11.8 Å². The zero-order valence-corrected chi connectivity index (χ0v) is 19.3. The number of rotatable bonds is 7. The van der Waals surface area contributed by atoms with Crippen molar-refractivity contribution in [3.8, 4) is 16.9 Å². The second-order valence-electron chi connectivity index (χ2n) is 8.30. The SMILES string of the molecule is Cc1ccc(SCc2c(C(C)C)nc(C(C)C)c(CO)c2-c2ccccc2O)cc1. The van der Waals surface area contributed by atoms with Gasteiger partial charge in [0, 0.05) is 33.2 Å². The van der Waals surface area contributed by atoms with Gasteiger partial charge in [0.15, 0.2) is 0 Å². The van der Waals surface area contributed by atoms with E-state index < -0.39 is 0 Å². The molecule has 0 aliphatic carbocycles. The maximum Gasteiger partial charge on any atom is 0.123 e. The summed E-state index contributed by atoms with van der Waals surface area (Å²) in [5.41, 5.74) is 6.77. The van der Waals surface area contributed by atoms with Crippen LogP contribution in [-0.4, -0.2) is 15.2 Å². The van der Waals surface area contributed by atoms with Gasteiger partial charge in [-0.1, -0.05) is 63.6 Å². The van der Waals surface area contributed by atoms with Crippen LogP contribution in [0.25, 0.3) is 11.1 Å². The molecule has 1 heterocycles. The summed E-state index contributed by atoms with van der Waals surface area (Å²) in [6, 6.07) is 15.9. The van der Waals surface area contributed by atoms with Gasteiger partial charge in [0.1, 0.15) is 5.75 Å². The Morgan fingerprint density at radius 2 is 1.47 bits per heavy atom. The largest absolute Gasteiger partial charge is 0.507 e. The number of aryl methyl sites for hydroxylation is 1. The topological polar surface area (TPSA) is 53.4 Å². The predicted molar refractivity (Wildman–Crippen MR) is 126 cm³/mol. The van der Waals surface area contributed by atoms with E-state index in [1.807, 2.05) is 18.2 Å². The number of para-hydroxylation sites is 1. The van der Waals surface area contributed by atoms with Gasteiger partial charge >= 0.3 is 0 Å². The number of phenols is 1. The molecule has 30 heavy (non-hydrogen) atoms. The molecule has 0 saturated carbocycles. The maximum atomic E-state index is 10.7. The number of thioether (sulfide) groups is 1. The van der Waals surface area contributed by atoms with Gasteiger partial charge in [-0.15, -0.1) is 11.8 Å². The Hall–Kier alpha value is -2.30. The Kier molecular flexibility index (Phi) is 7.22. The minimum Gasteiger partial charge on any atom is -0.507 e. The molecule has 3 aromatic rings. The van der Waals surface area contributed by atoms with Gasteiger partial charge in [0.05, 0.1) is 6.61 Å². The van der Waals surface area contributed by atoms with Crippen LogP contribution < -0.4 is 0 Å². The molecule has 0 unspecified atom stereocenters. The van der Waals surface area contributed by atoms with Crippen LogP contribution in [0.5, 0.6) is 5.75 Å². The van der Waals surface area contributed by atoms with Crippen LogP contribution in [0.3, 0.4) is 0 Å². The smallest absolute Gasteiger partial charge is 0.123 e. The standard InChI is InChI=1S/C26H31NO2S/c1-16(2)25-21(14-28)24(20-8-6-7-9-23(20)29)22(26(27-25)17(3)4)15-30-19-12-10-18(5)11-13-19/h6-13,16-17,28-29H,14-15H2,1-5H3. The zero-order valence-electron chi connectivity index (χ0n) is 18.4. The second-order valence-corrected chi connectivity index (χ2v) is 9.35. The van der Waals surface area contributed by atoms with Crippen LogP contribution in [0, 0.1) is 6.92 Å². The van der Waals surface area contributed by atoms with Crippen molar-refractivity contribution in [2.24, 2.45) is 0 Å². The lowest BCUT2D eigenvalue weighted by molar-refractivity contribution is 0.279. The third kappa shape index (κ3) is 4.71. The number of hydrogen-bond donors (Lipinski definition) is 2. The molecule has 2 aromatic carbocycles. The Morgan fingerprint density at radius 1 is 0.867 bits per heavy atom. The Balaban J connectivity index is 2.23. The van der Waals surface area contributed by atoms with Gasteiger partial charge in [-0.25, -0.2) is 0 Å². The first-order valence-corrected chi connectivity index (χ1v) is 11.5. The lowest BCUT2D eigenvalue weighted by atomic mass is 9.87. The number of phenolic OH excluding ortho intramolecular Hbond substituents is 1. The Labute approximate surface area is 184 Å². The molecule has 3 rings (SSSR count). The molecular formula is C26H31NO2S. The van der Waals surface area contributed by atoms with Crippen molar-refractivity contribution in [1.29, 1.82) is 0 Å². The first-order valence-electron chi connectivity index (χ1n) is 10.5. The fourth-order valence-corrected chi connectivity index (χ4v) is 4.70. The van der Waals surface area contributed by atoms with E-state index in [0.717, 1.165) is 39.4 Å². The summed E-state index contributed by atoms with van der Waals surface area (Å²) in [6.07, 6.45) is 0. The number of aliphatic hydroxyl groups is 1. The van der Waals surface area contributed by atoms with Crippen LogP contribution in [0.1, 0.15) is 67.6 Å². The number of aromatic hydroxyl groups is 1. The molecule has 2 N–H and O–H groups in total. The van der Waals surface area contributed by atoms with E-state index in [-0.39, 0.29) is 24.2 Å². The van der Waals surface area contributed by atoms with Crippen LogP contribution in [0.4, 0.5) is 0 Å². The van der Waals surface area contributed by atoms with Crippen molar-refractivity contribution in [3.63, 3.8) is 0 Å². The summed E-state index contributed by atoms with van der Waals surface area (Å²) < 4.78 is 0. The highest BCUT2D eigenvalue weighted by Gasteiger charge is 2.24. The van der Waals surface area contributed by atoms with Crippen molar-refractivity contribution in [2.45, 2.75) is 63.7 Å². The van der Waals surface area contributed by atoms with Crippen molar-refractivity contribution in [2.75, 3.05) is 0 Å². The minimum atomic E-state index is -0.106. The fraction of sp³-hybridized carbons (Fsp3) is 0.346. The molecule has 0 amide bonds. The third-order valence-corrected chi connectivity index (χ3v) is 6.33. The van der Waals surface area contributed by atoms with Gasteiger partial charge in [0.2, 0.25) is 0 Å². The van der Waals surface area contributed by atoms with E-state index in [1.54, 1.807) is 17.8 Å². The highest BCUT2D eigenvalue weighted by molar-refractivity contribution is 7.98. The van der Waals surface area contributed by atoms with Crippen molar-refractivity contribution < 1.29 is 10.2 Å². The van der Waals surface area contributed by atoms with Gasteiger partial charge < -0.3 is 10.2 Å². The van der Waals surface area contributed by atoms with E-state index in [1.165, 1.54) is 10.5 Å². The van der Waals surface area contributed by atoms with Gasteiger partial charge in [-0.05, 0) is 48.1 Å². The average molecular weight is 422 g/mol. The van der Waals surface area contributed by atoms with Crippen LogP contribution in [0.15, 0.2) is 53.4 Å². The number of benzene rings is 2. The minimum absolute atomic E-state index is 0.106. The number of pyridine rings is 1. The molecule has 0 aliphatic rings. The molecule has 0 fully saturated rings. The summed E-state index contributed by atoms with van der Waals surface area (Å²) in [7, 11) is 0. The number of hydrogen-bond acceptors (Lipinski definition) is 4.